The van der Waals surface area contributed by atoms with E-state index in [4.69, 9.17) is 14.2 Å². The lowest BCUT2D eigenvalue weighted by Gasteiger charge is -2.01. The molecule has 0 aromatic rings. The predicted molar refractivity (Wildman–Crippen MR) is 101 cm³/mol. The molecule has 24 heavy (non-hydrogen) atoms. The van der Waals surface area contributed by atoms with Crippen molar-refractivity contribution in [3.8, 4) is 0 Å². The van der Waals surface area contributed by atoms with Crippen LogP contribution in [0.15, 0.2) is 61.1 Å². The first-order chi connectivity index (χ1) is 12.0. The second-order valence-corrected chi connectivity index (χ2v) is 5.57. The minimum absolute atomic E-state index is 0.733. The Bertz CT molecular complexity index is 327. The highest BCUT2D eigenvalue weighted by Crippen LogP contribution is 2.07. The SMILES string of the molecule is C1=CCCCC1.C1=CCOC=C1.C1=CCOCC1.C1=COCCC1. The quantitative estimate of drug-likeness (QED) is 0.550. The maximum atomic E-state index is 4.98. The highest BCUT2D eigenvalue weighted by Gasteiger charge is 1.87. The van der Waals surface area contributed by atoms with Gasteiger partial charge < -0.3 is 14.2 Å². The molecule has 1 aliphatic carbocycles. The smallest absolute Gasteiger partial charge is 0.106 e. The number of allylic oxidation sites excluding steroid dienone is 5. The van der Waals surface area contributed by atoms with E-state index in [9.17, 15) is 0 Å². The van der Waals surface area contributed by atoms with E-state index in [1.807, 2.05) is 30.4 Å². The van der Waals surface area contributed by atoms with E-state index in [0.29, 0.717) is 0 Å². The van der Waals surface area contributed by atoms with E-state index in [0.717, 1.165) is 32.8 Å². The van der Waals surface area contributed by atoms with E-state index in [1.54, 1.807) is 12.5 Å². The molecular weight excluding hydrogens is 300 g/mol. The lowest BCUT2D eigenvalue weighted by molar-refractivity contribution is 0.158. The maximum Gasteiger partial charge on any atom is 0.106 e. The van der Waals surface area contributed by atoms with Crippen LogP contribution in [0.2, 0.25) is 0 Å². The van der Waals surface area contributed by atoms with Crippen molar-refractivity contribution in [1.29, 1.82) is 0 Å². The Morgan fingerprint density at radius 3 is 1.46 bits per heavy atom. The summed E-state index contributed by atoms with van der Waals surface area (Å²) in [6.45, 7) is 3.38. The monoisotopic (exact) mass is 332 g/mol. The van der Waals surface area contributed by atoms with E-state index >= 15 is 0 Å². The summed E-state index contributed by atoms with van der Waals surface area (Å²) in [6, 6.07) is 0. The maximum absolute atomic E-state index is 4.98. The largest absolute Gasteiger partial charge is 0.502 e. The lowest BCUT2D eigenvalue weighted by atomic mass is 10.1. The van der Waals surface area contributed by atoms with Crippen molar-refractivity contribution in [3.05, 3.63) is 61.1 Å². The van der Waals surface area contributed by atoms with Crippen molar-refractivity contribution in [2.45, 2.75) is 44.9 Å². The molecule has 0 unspecified atom stereocenters. The van der Waals surface area contributed by atoms with Crippen molar-refractivity contribution < 1.29 is 14.2 Å². The standard InChI is InChI=1S/C6H10.2C5H8O.C5H6O/c4*1-2-4-6-5-3-1/h1-2H,3-6H2;2,4H,1,3,5H2;1-2H,3-5H2;1-4H,5H2. The van der Waals surface area contributed by atoms with Crippen LogP contribution in [-0.2, 0) is 14.2 Å². The average Bonchev–Trinajstić information content (AvgIpc) is 2.75. The summed E-state index contributed by atoms with van der Waals surface area (Å²) in [6.07, 6.45) is 28.9. The van der Waals surface area contributed by atoms with Crippen LogP contribution < -0.4 is 0 Å². The predicted octanol–water partition coefficient (Wildman–Crippen LogP) is 5.48. The van der Waals surface area contributed by atoms with Crippen LogP contribution in [0.3, 0.4) is 0 Å². The van der Waals surface area contributed by atoms with Gasteiger partial charge in [-0.25, -0.2) is 0 Å². The molecule has 0 radical (unpaired) electrons. The van der Waals surface area contributed by atoms with Crippen LogP contribution >= 0.6 is 0 Å². The minimum atomic E-state index is 0.733. The molecule has 4 aliphatic rings. The second kappa shape index (κ2) is 17.6. The Balaban J connectivity index is 0.000000160. The molecule has 3 aliphatic heterocycles. The molecule has 0 aromatic heterocycles. The van der Waals surface area contributed by atoms with Gasteiger partial charge in [-0.1, -0.05) is 30.4 Å². The van der Waals surface area contributed by atoms with Crippen molar-refractivity contribution in [3.63, 3.8) is 0 Å². The van der Waals surface area contributed by atoms with Crippen LogP contribution in [0.4, 0.5) is 0 Å². The summed E-state index contributed by atoms with van der Waals surface area (Å²) in [7, 11) is 0. The van der Waals surface area contributed by atoms with Gasteiger partial charge in [0, 0.05) is 0 Å². The molecule has 4 rings (SSSR count). The van der Waals surface area contributed by atoms with E-state index < -0.39 is 0 Å². The Labute approximate surface area is 147 Å². The zero-order chi connectivity index (χ0) is 17.0. The van der Waals surface area contributed by atoms with Gasteiger partial charge in [0.2, 0.25) is 0 Å². The molecular formula is C21H32O3. The van der Waals surface area contributed by atoms with Gasteiger partial charge >= 0.3 is 0 Å². The van der Waals surface area contributed by atoms with Gasteiger partial charge in [0.1, 0.15) is 6.61 Å². The van der Waals surface area contributed by atoms with Crippen LogP contribution in [0.25, 0.3) is 0 Å². The Kier molecular flexibility index (Phi) is 14.9. The highest BCUT2D eigenvalue weighted by molar-refractivity contribution is 5.03. The summed E-state index contributed by atoms with van der Waals surface area (Å²) in [5.74, 6) is 0. The molecule has 0 saturated heterocycles. The van der Waals surface area contributed by atoms with E-state index in [2.05, 4.69) is 18.2 Å². The number of hydrogen-bond acceptors (Lipinski definition) is 3. The average molecular weight is 332 g/mol. The van der Waals surface area contributed by atoms with Crippen LogP contribution in [0, 0.1) is 0 Å². The van der Waals surface area contributed by atoms with Crippen LogP contribution in [-0.4, -0.2) is 26.4 Å². The molecule has 3 heterocycles. The number of rotatable bonds is 0. The molecule has 3 nitrogen and oxygen atoms in total. The molecule has 0 amide bonds. The molecule has 0 aromatic carbocycles. The lowest BCUT2D eigenvalue weighted by Crippen LogP contribution is -1.96. The first kappa shape index (κ1) is 20.3. The minimum Gasteiger partial charge on any atom is -0.502 e. The summed E-state index contributed by atoms with van der Waals surface area (Å²) in [4.78, 5) is 0. The number of ether oxygens (including phenoxy) is 3. The highest BCUT2D eigenvalue weighted by atomic mass is 16.5. The summed E-state index contributed by atoms with van der Waals surface area (Å²) in [5.41, 5.74) is 0. The van der Waals surface area contributed by atoms with Crippen molar-refractivity contribution in [2.75, 3.05) is 26.4 Å². The topological polar surface area (TPSA) is 27.7 Å². The fourth-order valence-corrected chi connectivity index (χ4v) is 2.08. The van der Waals surface area contributed by atoms with Gasteiger partial charge in [0.05, 0.1) is 32.3 Å². The zero-order valence-corrected chi connectivity index (χ0v) is 14.8. The fraction of sp³-hybridized carbons (Fsp3) is 0.524. The summed E-state index contributed by atoms with van der Waals surface area (Å²) < 4.78 is 14.7. The van der Waals surface area contributed by atoms with Gasteiger partial charge in [-0.05, 0) is 63.2 Å². The molecule has 0 atom stereocenters. The third-order valence-electron chi connectivity index (χ3n) is 3.41. The molecule has 0 spiro atoms. The van der Waals surface area contributed by atoms with Gasteiger partial charge in [-0.2, -0.15) is 0 Å². The van der Waals surface area contributed by atoms with Crippen molar-refractivity contribution in [1.82, 2.24) is 0 Å². The first-order valence-electron chi connectivity index (χ1n) is 9.08. The first-order valence-corrected chi connectivity index (χ1v) is 9.08. The summed E-state index contributed by atoms with van der Waals surface area (Å²) in [5, 5.41) is 0. The normalized spacial score (nSPS) is 20.0. The Morgan fingerprint density at radius 1 is 0.500 bits per heavy atom. The Hall–Kier alpha value is -1.74. The van der Waals surface area contributed by atoms with E-state index in [1.165, 1.54) is 38.5 Å². The molecule has 0 fully saturated rings. The van der Waals surface area contributed by atoms with Gasteiger partial charge in [-0.3, -0.25) is 0 Å². The molecule has 0 N–H and O–H groups in total. The third-order valence-corrected chi connectivity index (χ3v) is 3.41. The fourth-order valence-electron chi connectivity index (χ4n) is 2.08. The van der Waals surface area contributed by atoms with Gasteiger partial charge in [-0.15, -0.1) is 0 Å². The van der Waals surface area contributed by atoms with Crippen LogP contribution in [0.1, 0.15) is 44.9 Å². The van der Waals surface area contributed by atoms with Gasteiger partial charge in [0.15, 0.2) is 0 Å². The van der Waals surface area contributed by atoms with Crippen molar-refractivity contribution in [2.24, 2.45) is 0 Å². The molecule has 134 valence electrons. The number of hydrogen-bond donors (Lipinski definition) is 0. The van der Waals surface area contributed by atoms with Crippen LogP contribution in [0.5, 0.6) is 0 Å². The second-order valence-electron chi connectivity index (χ2n) is 5.57. The molecule has 0 saturated carbocycles. The Morgan fingerprint density at radius 2 is 1.29 bits per heavy atom. The zero-order valence-electron chi connectivity index (χ0n) is 14.8. The third kappa shape index (κ3) is 15.2. The van der Waals surface area contributed by atoms with Crippen molar-refractivity contribution >= 4 is 0 Å². The van der Waals surface area contributed by atoms with E-state index in [-0.39, 0.29) is 0 Å². The molecule has 3 heteroatoms. The molecule has 0 bridgehead atoms. The summed E-state index contributed by atoms with van der Waals surface area (Å²) >= 11 is 0. The van der Waals surface area contributed by atoms with Gasteiger partial charge in [0.25, 0.3) is 0 Å².